The lowest BCUT2D eigenvalue weighted by Gasteiger charge is -2.22. The SMILES string of the molecule is [B]c1c([B])c([B])c(-c2nc(-c3ccc4c(c3)oc3cccc(-n5c6ccccc6c6ccc(-c7ccccc7)cc65)c34)nc(-c3c([B])c([B])c([B])c([B])c3[B])n2)c([B])c1[B]. The molecule has 0 unspecified atom stereocenters. The van der Waals surface area contributed by atoms with Crippen molar-refractivity contribution < 1.29 is 4.42 Å². The summed E-state index contributed by atoms with van der Waals surface area (Å²) in [4.78, 5) is 14.4. The molecule has 10 rings (SSSR count). The molecular weight excluding hydrogens is 721 g/mol. The lowest BCUT2D eigenvalue weighted by Crippen LogP contribution is -2.55. The Balaban J connectivity index is 1.20. The fraction of sp³-hybridized carbons (Fsp3) is 0. The van der Waals surface area contributed by atoms with Crippen molar-refractivity contribution in [1.29, 1.82) is 0 Å². The van der Waals surface area contributed by atoms with Crippen LogP contribution in [0.2, 0.25) is 0 Å². The van der Waals surface area contributed by atoms with E-state index < -0.39 is 0 Å². The molecule has 20 radical (unpaired) electrons. The summed E-state index contributed by atoms with van der Waals surface area (Å²) >= 11 is 0. The van der Waals surface area contributed by atoms with Gasteiger partial charge in [0.2, 0.25) is 0 Å². The summed E-state index contributed by atoms with van der Waals surface area (Å²) in [7, 11) is 63.4. The third-order valence-corrected chi connectivity index (χ3v) is 11.2. The fourth-order valence-corrected chi connectivity index (χ4v) is 8.08. The van der Waals surface area contributed by atoms with Gasteiger partial charge in [-0.05, 0) is 47.5 Å². The first-order chi connectivity index (χ1) is 28.9. The molecule has 3 aromatic heterocycles. The van der Waals surface area contributed by atoms with Crippen molar-refractivity contribution >= 4 is 177 Å². The maximum Gasteiger partial charge on any atom is 0.164 e. The van der Waals surface area contributed by atoms with Crippen molar-refractivity contribution in [2.75, 3.05) is 0 Å². The highest BCUT2D eigenvalue weighted by Crippen LogP contribution is 2.40. The minimum Gasteiger partial charge on any atom is -0.456 e. The van der Waals surface area contributed by atoms with Gasteiger partial charge in [0, 0.05) is 32.8 Å². The molecule has 15 heteroatoms. The zero-order valence-electron chi connectivity index (χ0n) is 31.9. The van der Waals surface area contributed by atoms with Crippen molar-refractivity contribution in [3.63, 3.8) is 0 Å². The third-order valence-electron chi connectivity index (χ3n) is 11.2. The van der Waals surface area contributed by atoms with Gasteiger partial charge in [-0.15, -0.1) is 32.8 Å². The Hall–Kier alpha value is -6.20. The Morgan fingerprint density at radius 1 is 0.367 bits per heavy atom. The maximum atomic E-state index is 6.61. The molecule has 0 atom stereocenters. The van der Waals surface area contributed by atoms with Crippen molar-refractivity contribution in [1.82, 2.24) is 19.5 Å². The number of furan rings is 1. The van der Waals surface area contributed by atoms with Crippen LogP contribution in [0.1, 0.15) is 0 Å². The van der Waals surface area contributed by atoms with E-state index in [-0.39, 0.29) is 83.2 Å². The minimum absolute atomic E-state index is 0.00407. The second-order valence-corrected chi connectivity index (χ2v) is 14.6. The summed E-state index contributed by atoms with van der Waals surface area (Å²) in [6.45, 7) is 0. The largest absolute Gasteiger partial charge is 0.456 e. The predicted molar refractivity (Wildman–Crippen MR) is 257 cm³/mol. The molecule has 0 N–H and O–H groups in total. The molecule has 0 fully saturated rings. The number of nitrogens with zero attached hydrogens (tertiary/aromatic N) is 4. The van der Waals surface area contributed by atoms with Gasteiger partial charge in [0.1, 0.15) is 89.6 Å². The van der Waals surface area contributed by atoms with Crippen LogP contribution in [0.3, 0.4) is 0 Å². The van der Waals surface area contributed by atoms with E-state index in [1.54, 1.807) is 0 Å². The first-order valence-corrected chi connectivity index (χ1v) is 18.8. The summed E-state index contributed by atoms with van der Waals surface area (Å²) in [5.74, 6) is 0.183. The quantitative estimate of drug-likeness (QED) is 0.223. The minimum atomic E-state index is 0.00407. The van der Waals surface area contributed by atoms with Gasteiger partial charge in [-0.3, -0.25) is 0 Å². The van der Waals surface area contributed by atoms with Gasteiger partial charge < -0.3 is 8.98 Å². The molecule has 7 aromatic carbocycles. The van der Waals surface area contributed by atoms with Crippen LogP contribution in [-0.2, 0) is 0 Å². The number of hydrogen-bond acceptors (Lipinski definition) is 4. The van der Waals surface area contributed by atoms with Crippen molar-refractivity contribution in [3.8, 4) is 51.0 Å². The van der Waals surface area contributed by atoms with Gasteiger partial charge in [-0.2, -0.15) is 0 Å². The predicted octanol–water partition coefficient (Wildman–Crippen LogP) is -0.526. The van der Waals surface area contributed by atoms with Gasteiger partial charge >= 0.3 is 0 Å². The van der Waals surface area contributed by atoms with Gasteiger partial charge in [0.25, 0.3) is 0 Å². The Kier molecular flexibility index (Phi) is 9.02. The van der Waals surface area contributed by atoms with E-state index in [0.717, 1.165) is 49.4 Å². The first kappa shape index (κ1) is 38.0. The molecule has 10 aromatic rings. The summed E-state index contributed by atoms with van der Waals surface area (Å²) in [6.07, 6.45) is 0. The molecule has 0 saturated carbocycles. The molecule has 0 amide bonds. The van der Waals surface area contributed by atoms with E-state index in [1.165, 1.54) is 0 Å². The summed E-state index contributed by atoms with van der Waals surface area (Å²) < 4.78 is 8.90. The molecule has 0 aliphatic carbocycles. The van der Waals surface area contributed by atoms with Crippen LogP contribution in [0.4, 0.5) is 0 Å². The Morgan fingerprint density at radius 3 is 1.52 bits per heavy atom. The second kappa shape index (κ2) is 14.2. The number of fused-ring (bicyclic) bond motifs is 6. The van der Waals surface area contributed by atoms with Crippen LogP contribution in [0, 0.1) is 0 Å². The molecule has 254 valence electrons. The monoisotopic (exact) mass is 740 g/mol. The van der Waals surface area contributed by atoms with Crippen LogP contribution < -0.4 is 54.6 Å². The normalized spacial score (nSPS) is 11.7. The van der Waals surface area contributed by atoms with E-state index in [4.69, 9.17) is 97.8 Å². The van der Waals surface area contributed by atoms with Crippen LogP contribution in [0.5, 0.6) is 0 Å². The topological polar surface area (TPSA) is 56.7 Å². The number of aromatic nitrogens is 4. The van der Waals surface area contributed by atoms with E-state index in [9.17, 15) is 0 Å². The van der Waals surface area contributed by atoms with E-state index in [2.05, 4.69) is 65.2 Å². The van der Waals surface area contributed by atoms with Gasteiger partial charge in [-0.1, -0.05) is 94.6 Å². The molecule has 0 aliphatic rings. The van der Waals surface area contributed by atoms with E-state index in [0.29, 0.717) is 16.7 Å². The van der Waals surface area contributed by atoms with Crippen molar-refractivity contribution in [3.05, 3.63) is 109 Å². The van der Waals surface area contributed by atoms with E-state index >= 15 is 0 Å². The van der Waals surface area contributed by atoms with Gasteiger partial charge in [-0.25, -0.2) is 15.0 Å². The summed E-state index contributed by atoms with van der Waals surface area (Å²) in [6, 6.07) is 37.1. The summed E-state index contributed by atoms with van der Waals surface area (Å²) in [5, 5.41) is 4.06. The first-order valence-electron chi connectivity index (χ1n) is 18.8. The Morgan fingerprint density at radius 2 is 0.883 bits per heavy atom. The van der Waals surface area contributed by atoms with Crippen LogP contribution >= 0.6 is 0 Å². The second-order valence-electron chi connectivity index (χ2n) is 14.6. The van der Waals surface area contributed by atoms with Gasteiger partial charge in [0.05, 0.1) is 22.1 Å². The number of benzene rings is 7. The Labute approximate surface area is 359 Å². The number of rotatable bonds is 5. The zero-order chi connectivity index (χ0) is 41.7. The highest BCUT2D eigenvalue weighted by atomic mass is 16.3. The molecule has 5 nitrogen and oxygen atoms in total. The molecule has 0 bridgehead atoms. The van der Waals surface area contributed by atoms with Crippen LogP contribution in [0.25, 0.3) is 94.7 Å². The molecule has 60 heavy (non-hydrogen) atoms. The molecule has 0 spiro atoms. The van der Waals surface area contributed by atoms with Crippen LogP contribution in [-0.4, -0.2) is 98.0 Å². The van der Waals surface area contributed by atoms with Crippen molar-refractivity contribution in [2.45, 2.75) is 0 Å². The zero-order valence-corrected chi connectivity index (χ0v) is 31.9. The molecule has 0 saturated heterocycles. The van der Waals surface area contributed by atoms with Crippen LogP contribution in [0.15, 0.2) is 114 Å². The molecule has 3 heterocycles. The number of hydrogen-bond donors (Lipinski definition) is 0. The highest BCUT2D eigenvalue weighted by Gasteiger charge is 2.23. The van der Waals surface area contributed by atoms with Crippen molar-refractivity contribution in [2.24, 2.45) is 0 Å². The average molecular weight is 739 g/mol. The number of para-hydroxylation sites is 1. The lowest BCUT2D eigenvalue weighted by molar-refractivity contribution is 0.669. The van der Waals surface area contributed by atoms with E-state index in [1.807, 2.05) is 48.5 Å². The fourth-order valence-electron chi connectivity index (χ4n) is 8.08. The lowest BCUT2D eigenvalue weighted by atomic mass is 9.60. The third kappa shape index (κ3) is 5.73. The smallest absolute Gasteiger partial charge is 0.164 e. The maximum absolute atomic E-state index is 6.61. The van der Waals surface area contributed by atoms with Gasteiger partial charge in [0.15, 0.2) is 17.5 Å². The molecular formula is C45H18B10N4O. The Bertz CT molecular complexity index is 3310. The standard InChI is InChI=1S/C45H18B10N4O/c46-33-31(34(47)38(51)41(54)37(33)50)44-56-43(57-45(58-44)32-35(48)39(52)42(55)40(53)36(32)49)21-14-16-24-29(18-21)60-28-12-6-11-26(30(24)28)59-25-10-5-4-9-22(25)23-15-13-20(17-27(23)59)19-7-2-1-3-8-19/h1-18H. The highest BCUT2D eigenvalue weighted by molar-refractivity contribution is 6.70. The molecule has 0 aliphatic heterocycles. The summed E-state index contributed by atoms with van der Waals surface area (Å²) in [5.41, 5.74) is 7.55. The average Bonchev–Trinajstić information content (AvgIpc) is 3.82.